The number of halogens is 3. The third-order valence-corrected chi connectivity index (χ3v) is 4.23. The number of amides is 1. The van der Waals surface area contributed by atoms with Crippen LogP contribution >= 0.6 is 0 Å². The number of carbonyl (C=O) groups is 1. The number of likely N-dealkylation sites (tertiary alicyclic amines) is 1. The lowest BCUT2D eigenvalue weighted by molar-refractivity contribution is -0.137. The first kappa shape index (κ1) is 18.1. The molecule has 0 saturated carbocycles. The lowest BCUT2D eigenvalue weighted by atomic mass is 10.2. The zero-order valence-electron chi connectivity index (χ0n) is 14.0. The molecule has 26 heavy (non-hydrogen) atoms. The van der Waals surface area contributed by atoms with Gasteiger partial charge in [-0.1, -0.05) is 18.2 Å². The number of para-hydroxylation sites is 1. The van der Waals surface area contributed by atoms with E-state index in [9.17, 15) is 18.0 Å². The van der Waals surface area contributed by atoms with Gasteiger partial charge in [-0.25, -0.2) is 0 Å². The maximum absolute atomic E-state index is 12.5. The fraction of sp³-hybridized carbons (Fsp3) is 0.316. The van der Waals surface area contributed by atoms with Crippen molar-refractivity contribution < 1.29 is 22.7 Å². The molecule has 138 valence electrons. The van der Waals surface area contributed by atoms with Crippen LogP contribution in [0.25, 0.3) is 0 Å². The topological polar surface area (TPSA) is 41.6 Å². The lowest BCUT2D eigenvalue weighted by Gasteiger charge is -2.18. The first-order valence-electron chi connectivity index (χ1n) is 8.31. The van der Waals surface area contributed by atoms with E-state index in [2.05, 4.69) is 5.32 Å². The largest absolute Gasteiger partial charge is 0.484 e. The van der Waals surface area contributed by atoms with Crippen LogP contribution < -0.4 is 10.1 Å². The van der Waals surface area contributed by atoms with Crippen LogP contribution in [0.3, 0.4) is 0 Å². The number of anilines is 1. The van der Waals surface area contributed by atoms with Crippen LogP contribution in [0.4, 0.5) is 18.9 Å². The van der Waals surface area contributed by atoms with Crippen molar-refractivity contribution in [3.8, 4) is 5.75 Å². The Bertz CT molecular complexity index is 733. The summed E-state index contributed by atoms with van der Waals surface area (Å²) in [6.07, 6.45) is -3.55. The van der Waals surface area contributed by atoms with Gasteiger partial charge in [0.1, 0.15) is 5.75 Å². The van der Waals surface area contributed by atoms with Gasteiger partial charge in [-0.15, -0.1) is 0 Å². The highest BCUT2D eigenvalue weighted by molar-refractivity contribution is 5.78. The molecule has 3 rings (SSSR count). The summed E-state index contributed by atoms with van der Waals surface area (Å²) in [4.78, 5) is 13.9. The minimum atomic E-state index is -4.38. The Morgan fingerprint density at radius 2 is 1.81 bits per heavy atom. The Morgan fingerprint density at radius 1 is 1.12 bits per heavy atom. The van der Waals surface area contributed by atoms with Crippen LogP contribution in [0, 0.1) is 0 Å². The molecule has 4 nitrogen and oxygen atoms in total. The summed E-state index contributed by atoms with van der Waals surface area (Å²) in [7, 11) is 0. The molecule has 1 N–H and O–H groups in total. The average molecular weight is 364 g/mol. The van der Waals surface area contributed by atoms with E-state index in [0.29, 0.717) is 13.1 Å². The number of nitrogens with zero attached hydrogens (tertiary/aromatic N) is 1. The molecule has 1 aliphatic heterocycles. The van der Waals surface area contributed by atoms with Gasteiger partial charge in [0, 0.05) is 24.8 Å². The second-order valence-corrected chi connectivity index (χ2v) is 6.15. The van der Waals surface area contributed by atoms with Crippen molar-refractivity contribution in [2.75, 3.05) is 25.0 Å². The molecule has 0 aromatic heterocycles. The molecule has 1 saturated heterocycles. The molecule has 0 aliphatic carbocycles. The van der Waals surface area contributed by atoms with E-state index in [1.807, 2.05) is 30.3 Å². The number of carbonyl (C=O) groups excluding carboxylic acids is 1. The van der Waals surface area contributed by atoms with E-state index < -0.39 is 11.7 Å². The number of alkyl halides is 3. The Morgan fingerprint density at radius 3 is 2.46 bits per heavy atom. The minimum Gasteiger partial charge on any atom is -0.484 e. The molecule has 1 unspecified atom stereocenters. The zero-order chi connectivity index (χ0) is 18.6. The summed E-state index contributed by atoms with van der Waals surface area (Å²) >= 11 is 0. The average Bonchev–Trinajstić information content (AvgIpc) is 3.09. The van der Waals surface area contributed by atoms with Gasteiger partial charge in [-0.3, -0.25) is 4.79 Å². The fourth-order valence-electron chi connectivity index (χ4n) is 2.85. The third kappa shape index (κ3) is 4.68. The molecule has 1 fully saturated rings. The van der Waals surface area contributed by atoms with Crippen molar-refractivity contribution >= 4 is 11.6 Å². The second-order valence-electron chi connectivity index (χ2n) is 6.15. The number of ether oxygens (including phenoxy) is 1. The minimum absolute atomic E-state index is 0.174. The molecule has 1 atom stereocenters. The standard InChI is InChI=1S/C19H19F3N2O2/c20-19(21,22)14-6-8-17(9-7-14)26-13-18(25)24-11-10-16(12-24)23-15-4-2-1-3-5-15/h1-9,16,23H,10-13H2. The fourth-order valence-corrected chi connectivity index (χ4v) is 2.85. The van der Waals surface area contributed by atoms with Crippen molar-refractivity contribution in [2.45, 2.75) is 18.6 Å². The molecule has 2 aromatic carbocycles. The second kappa shape index (κ2) is 7.68. The number of hydrogen-bond donors (Lipinski definition) is 1. The molecule has 1 amide bonds. The van der Waals surface area contributed by atoms with Crippen LogP contribution in [-0.2, 0) is 11.0 Å². The van der Waals surface area contributed by atoms with E-state index in [4.69, 9.17) is 4.74 Å². The third-order valence-electron chi connectivity index (χ3n) is 4.23. The summed E-state index contributed by atoms with van der Waals surface area (Å²) in [6, 6.07) is 14.3. The first-order valence-corrected chi connectivity index (χ1v) is 8.31. The molecule has 7 heteroatoms. The maximum Gasteiger partial charge on any atom is 0.416 e. The normalized spacial score (nSPS) is 17.2. The summed E-state index contributed by atoms with van der Waals surface area (Å²) < 4.78 is 42.9. The maximum atomic E-state index is 12.5. The predicted molar refractivity (Wildman–Crippen MR) is 92.0 cm³/mol. The number of benzene rings is 2. The van der Waals surface area contributed by atoms with E-state index in [1.54, 1.807) is 4.90 Å². The van der Waals surface area contributed by atoms with E-state index in [0.717, 1.165) is 24.2 Å². The van der Waals surface area contributed by atoms with Crippen LogP contribution in [-0.4, -0.2) is 36.5 Å². The van der Waals surface area contributed by atoms with Gasteiger partial charge >= 0.3 is 6.18 Å². The zero-order valence-corrected chi connectivity index (χ0v) is 14.0. The van der Waals surface area contributed by atoms with Gasteiger partial charge in [0.05, 0.1) is 5.56 Å². The van der Waals surface area contributed by atoms with Crippen LogP contribution in [0.2, 0.25) is 0 Å². The van der Waals surface area contributed by atoms with E-state index in [1.165, 1.54) is 12.1 Å². The smallest absolute Gasteiger partial charge is 0.416 e. The molecular formula is C19H19F3N2O2. The van der Waals surface area contributed by atoms with Gasteiger partial charge in [-0.2, -0.15) is 13.2 Å². The summed E-state index contributed by atoms with van der Waals surface area (Å²) in [5.74, 6) is 0.0618. The molecular weight excluding hydrogens is 345 g/mol. The summed E-state index contributed by atoms with van der Waals surface area (Å²) in [5.41, 5.74) is 0.262. The number of hydrogen-bond acceptors (Lipinski definition) is 3. The van der Waals surface area contributed by atoms with Gasteiger partial charge in [0.25, 0.3) is 5.91 Å². The van der Waals surface area contributed by atoms with Gasteiger partial charge in [0.15, 0.2) is 6.61 Å². The van der Waals surface area contributed by atoms with Crippen LogP contribution in [0.5, 0.6) is 5.75 Å². The number of rotatable bonds is 5. The Hall–Kier alpha value is -2.70. The van der Waals surface area contributed by atoms with Crippen molar-refractivity contribution in [1.82, 2.24) is 4.90 Å². The van der Waals surface area contributed by atoms with Gasteiger partial charge < -0.3 is 15.0 Å². The summed E-state index contributed by atoms with van der Waals surface area (Å²) in [5, 5.41) is 3.38. The van der Waals surface area contributed by atoms with Gasteiger partial charge in [0.2, 0.25) is 0 Å². The highest BCUT2D eigenvalue weighted by Crippen LogP contribution is 2.30. The highest BCUT2D eigenvalue weighted by Gasteiger charge is 2.30. The Balaban J connectivity index is 1.47. The molecule has 0 spiro atoms. The number of nitrogens with one attached hydrogen (secondary N) is 1. The van der Waals surface area contributed by atoms with E-state index in [-0.39, 0.29) is 24.3 Å². The van der Waals surface area contributed by atoms with Gasteiger partial charge in [-0.05, 0) is 42.8 Å². The van der Waals surface area contributed by atoms with Crippen LogP contribution in [0.1, 0.15) is 12.0 Å². The molecule has 1 heterocycles. The quantitative estimate of drug-likeness (QED) is 0.878. The molecule has 1 aliphatic rings. The molecule has 2 aromatic rings. The van der Waals surface area contributed by atoms with Crippen LogP contribution in [0.15, 0.2) is 54.6 Å². The molecule has 0 radical (unpaired) electrons. The van der Waals surface area contributed by atoms with Crippen molar-refractivity contribution in [3.05, 3.63) is 60.2 Å². The Kier molecular flexibility index (Phi) is 5.35. The SMILES string of the molecule is O=C(COc1ccc(C(F)(F)F)cc1)N1CCC(Nc2ccccc2)C1. The summed E-state index contributed by atoms with van der Waals surface area (Å²) in [6.45, 7) is 1.01. The predicted octanol–water partition coefficient (Wildman–Crippen LogP) is 3.80. The first-order chi connectivity index (χ1) is 12.4. The lowest BCUT2D eigenvalue weighted by Crippen LogP contribution is -2.34. The van der Waals surface area contributed by atoms with Crippen molar-refractivity contribution in [3.63, 3.8) is 0 Å². The highest BCUT2D eigenvalue weighted by atomic mass is 19.4. The van der Waals surface area contributed by atoms with E-state index >= 15 is 0 Å². The molecule has 0 bridgehead atoms. The Labute approximate surface area is 149 Å². The van der Waals surface area contributed by atoms with Crippen molar-refractivity contribution in [2.24, 2.45) is 0 Å². The monoisotopic (exact) mass is 364 g/mol. The van der Waals surface area contributed by atoms with Crippen molar-refractivity contribution in [1.29, 1.82) is 0 Å².